The van der Waals surface area contributed by atoms with Crippen LogP contribution in [0.4, 0.5) is 10.1 Å². The van der Waals surface area contributed by atoms with E-state index in [9.17, 15) is 9.18 Å². The van der Waals surface area contributed by atoms with Crippen molar-refractivity contribution >= 4 is 22.4 Å². The van der Waals surface area contributed by atoms with Crippen molar-refractivity contribution in [2.45, 2.75) is 44.9 Å². The van der Waals surface area contributed by atoms with Gasteiger partial charge in [0.15, 0.2) is 0 Å². The highest BCUT2D eigenvalue weighted by molar-refractivity contribution is 5.97. The molecule has 38 heavy (non-hydrogen) atoms. The molecule has 3 N–H and O–H groups in total. The fourth-order valence-electron chi connectivity index (χ4n) is 5.45. The van der Waals surface area contributed by atoms with Crippen LogP contribution in [0, 0.1) is 24.7 Å². The monoisotopic (exact) mass is 512 g/mol. The Morgan fingerprint density at radius 2 is 1.84 bits per heavy atom. The fourth-order valence-corrected chi connectivity index (χ4v) is 5.45. The molecule has 0 aliphatic carbocycles. The number of hydrogen-bond acceptors (Lipinski definition) is 4. The lowest BCUT2D eigenvalue weighted by atomic mass is 9.94. The lowest BCUT2D eigenvalue weighted by Gasteiger charge is -2.25. The van der Waals surface area contributed by atoms with Gasteiger partial charge < -0.3 is 20.9 Å². The predicted octanol–water partition coefficient (Wildman–Crippen LogP) is 5.05. The summed E-state index contributed by atoms with van der Waals surface area (Å²) in [7, 11) is 2.17. The summed E-state index contributed by atoms with van der Waals surface area (Å²) >= 11 is 0. The van der Waals surface area contributed by atoms with E-state index in [4.69, 9.17) is 0 Å². The van der Waals surface area contributed by atoms with Crippen molar-refractivity contribution in [2.75, 3.05) is 38.5 Å². The number of nitrogens with zero attached hydrogens (tertiary/aromatic N) is 1. The second-order valence-corrected chi connectivity index (χ2v) is 10.7. The van der Waals surface area contributed by atoms with Crippen molar-refractivity contribution in [3.05, 3.63) is 76.9 Å². The van der Waals surface area contributed by atoms with E-state index in [-0.39, 0.29) is 18.0 Å². The van der Waals surface area contributed by atoms with Gasteiger partial charge in [-0.2, -0.15) is 0 Å². The number of amides is 1. The zero-order chi connectivity index (χ0) is 26.6. The second-order valence-electron chi connectivity index (χ2n) is 10.7. The highest BCUT2D eigenvalue weighted by Gasteiger charge is 2.26. The summed E-state index contributed by atoms with van der Waals surface area (Å²) in [5, 5.41) is 11.7. The Morgan fingerprint density at radius 1 is 1.08 bits per heavy atom. The molecule has 0 bridgehead atoms. The number of likely N-dealkylation sites (tertiary alicyclic amines) is 1. The molecule has 0 unspecified atom stereocenters. The van der Waals surface area contributed by atoms with E-state index in [0.717, 1.165) is 59.1 Å². The van der Waals surface area contributed by atoms with Crippen LogP contribution in [0.1, 0.15) is 52.9 Å². The van der Waals surface area contributed by atoms with E-state index in [2.05, 4.69) is 64.0 Å². The summed E-state index contributed by atoms with van der Waals surface area (Å²) in [6.07, 6.45) is 1.29. The maximum atomic E-state index is 14.1. The van der Waals surface area contributed by atoms with Gasteiger partial charge in [-0.25, -0.2) is 4.39 Å². The first kappa shape index (κ1) is 26.2. The average molecular weight is 513 g/mol. The Kier molecular flexibility index (Phi) is 7.97. The SMILES string of the molecule is Cc1ccc(N[C@H]2CNC[C@@H]2F)cc1C(=O)N[C@H](C)c1ccc(C#CC2CCN(C)CC2)c2ccccc12. The van der Waals surface area contributed by atoms with E-state index in [1.807, 2.05) is 44.2 Å². The highest BCUT2D eigenvalue weighted by atomic mass is 19.1. The molecule has 2 heterocycles. The van der Waals surface area contributed by atoms with Gasteiger partial charge in [0.1, 0.15) is 6.17 Å². The minimum absolute atomic E-state index is 0.143. The van der Waals surface area contributed by atoms with Gasteiger partial charge in [0, 0.05) is 35.8 Å². The number of aryl methyl sites for hydroxylation is 1. The van der Waals surface area contributed by atoms with Crippen molar-refractivity contribution in [3.63, 3.8) is 0 Å². The normalized spacial score (nSPS) is 21.1. The number of fused-ring (bicyclic) bond motifs is 1. The van der Waals surface area contributed by atoms with Gasteiger partial charge in [0.25, 0.3) is 5.91 Å². The van der Waals surface area contributed by atoms with Crippen molar-refractivity contribution in [2.24, 2.45) is 5.92 Å². The second kappa shape index (κ2) is 11.6. The number of piperidine rings is 1. The Labute approximate surface area is 225 Å². The molecule has 0 aromatic heterocycles. The molecule has 3 aromatic rings. The predicted molar refractivity (Wildman–Crippen MR) is 153 cm³/mol. The van der Waals surface area contributed by atoms with E-state index >= 15 is 0 Å². The van der Waals surface area contributed by atoms with Gasteiger partial charge in [-0.15, -0.1) is 0 Å². The van der Waals surface area contributed by atoms with Gasteiger partial charge in [-0.05, 0) is 86.9 Å². The van der Waals surface area contributed by atoms with Crippen LogP contribution in [0.2, 0.25) is 0 Å². The molecule has 0 spiro atoms. The first-order chi connectivity index (χ1) is 18.4. The lowest BCUT2D eigenvalue weighted by molar-refractivity contribution is 0.0939. The molecule has 2 fully saturated rings. The third kappa shape index (κ3) is 5.85. The zero-order valence-corrected chi connectivity index (χ0v) is 22.5. The molecule has 3 aromatic carbocycles. The van der Waals surface area contributed by atoms with Crippen LogP contribution >= 0.6 is 0 Å². The number of alkyl halides is 1. The minimum atomic E-state index is -0.945. The maximum absolute atomic E-state index is 14.1. The Hall–Kier alpha value is -3.40. The summed E-state index contributed by atoms with van der Waals surface area (Å²) in [5.41, 5.74) is 4.31. The molecule has 2 aliphatic heterocycles. The van der Waals surface area contributed by atoms with E-state index in [1.54, 1.807) is 0 Å². The molecular weight excluding hydrogens is 475 g/mol. The molecule has 5 nitrogen and oxygen atoms in total. The fraction of sp³-hybridized carbons (Fsp3) is 0.406. The summed E-state index contributed by atoms with van der Waals surface area (Å²) in [6, 6.07) is 17.6. The number of carbonyl (C=O) groups is 1. The molecule has 2 aliphatic rings. The Bertz CT molecular complexity index is 1370. The topological polar surface area (TPSA) is 56.4 Å². The summed E-state index contributed by atoms with van der Waals surface area (Å²) in [4.78, 5) is 15.7. The average Bonchev–Trinajstić information content (AvgIpc) is 3.33. The zero-order valence-electron chi connectivity index (χ0n) is 22.5. The van der Waals surface area contributed by atoms with Gasteiger partial charge in [0.05, 0.1) is 12.1 Å². The van der Waals surface area contributed by atoms with Gasteiger partial charge in [0.2, 0.25) is 0 Å². The third-order valence-corrected chi connectivity index (χ3v) is 7.88. The van der Waals surface area contributed by atoms with E-state index in [1.165, 1.54) is 0 Å². The molecule has 5 rings (SSSR count). The van der Waals surface area contributed by atoms with E-state index < -0.39 is 6.17 Å². The van der Waals surface area contributed by atoms with Crippen LogP contribution in [0.25, 0.3) is 10.8 Å². The van der Waals surface area contributed by atoms with Crippen LogP contribution < -0.4 is 16.0 Å². The van der Waals surface area contributed by atoms with Crippen LogP contribution in [0.5, 0.6) is 0 Å². The highest BCUT2D eigenvalue weighted by Crippen LogP contribution is 2.28. The van der Waals surface area contributed by atoms with Crippen LogP contribution in [0.15, 0.2) is 54.6 Å². The van der Waals surface area contributed by atoms with Crippen LogP contribution in [-0.4, -0.2) is 56.2 Å². The van der Waals surface area contributed by atoms with Crippen molar-refractivity contribution in [3.8, 4) is 11.8 Å². The van der Waals surface area contributed by atoms with Crippen LogP contribution in [0.3, 0.4) is 0 Å². The molecule has 1 amide bonds. The van der Waals surface area contributed by atoms with Crippen LogP contribution in [-0.2, 0) is 0 Å². The summed E-state index contributed by atoms with van der Waals surface area (Å²) in [6.45, 7) is 7.06. The smallest absolute Gasteiger partial charge is 0.252 e. The molecular formula is C32H37FN4O. The first-order valence-corrected chi connectivity index (χ1v) is 13.6. The van der Waals surface area contributed by atoms with Gasteiger partial charge in [-0.1, -0.05) is 48.2 Å². The minimum Gasteiger partial charge on any atom is -0.378 e. The van der Waals surface area contributed by atoms with Crippen molar-refractivity contribution < 1.29 is 9.18 Å². The number of carbonyl (C=O) groups excluding carboxylic acids is 1. The summed E-state index contributed by atoms with van der Waals surface area (Å²) in [5.74, 6) is 7.27. The number of anilines is 1. The standard InChI is InChI=1S/C32H37FN4O/c1-21-8-12-25(36-31-20-34-19-30(31)33)18-29(21)32(38)35-22(2)26-13-11-24(27-6-4-5-7-28(26)27)10-9-23-14-16-37(3)17-15-23/h4-8,11-13,18,22-23,30-31,34,36H,14-17,19-20H2,1-3H3,(H,35,38)/t22-,30+,31+/m1/s1. The molecule has 198 valence electrons. The quantitative estimate of drug-likeness (QED) is 0.419. The van der Waals surface area contributed by atoms with Crippen molar-refractivity contribution in [1.29, 1.82) is 0 Å². The Balaban J connectivity index is 1.34. The molecule has 6 heteroatoms. The molecule has 0 saturated carbocycles. The largest absolute Gasteiger partial charge is 0.378 e. The Morgan fingerprint density at radius 3 is 2.58 bits per heavy atom. The molecule has 3 atom stereocenters. The summed E-state index contributed by atoms with van der Waals surface area (Å²) < 4.78 is 14.1. The number of halogens is 1. The lowest BCUT2D eigenvalue weighted by Crippen LogP contribution is -2.30. The number of hydrogen-bond donors (Lipinski definition) is 3. The van der Waals surface area contributed by atoms with Gasteiger partial charge in [-0.3, -0.25) is 4.79 Å². The maximum Gasteiger partial charge on any atom is 0.252 e. The van der Waals surface area contributed by atoms with E-state index in [0.29, 0.717) is 24.6 Å². The molecule has 2 saturated heterocycles. The van der Waals surface area contributed by atoms with Gasteiger partial charge >= 0.3 is 0 Å². The number of benzene rings is 3. The third-order valence-electron chi connectivity index (χ3n) is 7.88. The number of rotatable bonds is 5. The molecule has 0 radical (unpaired) electrons. The van der Waals surface area contributed by atoms with Crippen molar-refractivity contribution in [1.82, 2.24) is 15.5 Å². The first-order valence-electron chi connectivity index (χ1n) is 13.6. The number of nitrogens with one attached hydrogen (secondary N) is 3.